The molecule has 0 saturated carbocycles. The number of carbonyl (C=O) groups is 2. The first kappa shape index (κ1) is 17.3. The summed E-state index contributed by atoms with van der Waals surface area (Å²) in [5.41, 5.74) is 0.909. The maximum atomic E-state index is 13.0. The van der Waals surface area contributed by atoms with Gasteiger partial charge in [0.2, 0.25) is 0 Å². The van der Waals surface area contributed by atoms with E-state index in [0.29, 0.717) is 18.7 Å². The van der Waals surface area contributed by atoms with E-state index in [0.717, 1.165) is 6.42 Å². The molecule has 25 heavy (non-hydrogen) atoms. The standard InChI is InChI=1S/C20H23NO4/c1-4-16-14(19(23)24)12-17(25-16)18(22)21-11-10-15(20(21,2)3)13-8-6-5-7-9-13/h5-9,12,15H,4,10-11H2,1-3H3,(H,23,24). The first-order chi connectivity index (χ1) is 11.9. The molecule has 1 N–H and O–H groups in total. The first-order valence-corrected chi connectivity index (χ1v) is 8.59. The largest absolute Gasteiger partial charge is 0.478 e. The molecule has 1 unspecified atom stereocenters. The summed E-state index contributed by atoms with van der Waals surface area (Å²) < 4.78 is 5.56. The van der Waals surface area contributed by atoms with Crippen LogP contribution in [0.15, 0.2) is 40.8 Å². The van der Waals surface area contributed by atoms with E-state index >= 15 is 0 Å². The van der Waals surface area contributed by atoms with Gasteiger partial charge in [0.25, 0.3) is 5.91 Å². The zero-order chi connectivity index (χ0) is 18.2. The molecule has 0 radical (unpaired) electrons. The number of nitrogens with zero attached hydrogens (tertiary/aromatic N) is 1. The lowest BCUT2D eigenvalue weighted by Gasteiger charge is -2.35. The van der Waals surface area contributed by atoms with Gasteiger partial charge in [-0.15, -0.1) is 0 Å². The van der Waals surface area contributed by atoms with Gasteiger partial charge in [-0.05, 0) is 25.8 Å². The summed E-state index contributed by atoms with van der Waals surface area (Å²) >= 11 is 0. The Balaban J connectivity index is 1.90. The molecule has 3 rings (SSSR count). The molecule has 0 bridgehead atoms. The Labute approximate surface area is 147 Å². The summed E-state index contributed by atoms with van der Waals surface area (Å²) in [4.78, 5) is 26.1. The van der Waals surface area contributed by atoms with Gasteiger partial charge in [-0.25, -0.2) is 4.79 Å². The number of likely N-dealkylation sites (tertiary alicyclic amines) is 1. The van der Waals surface area contributed by atoms with Crippen molar-refractivity contribution in [1.29, 1.82) is 0 Å². The van der Waals surface area contributed by atoms with Gasteiger partial charge in [0.05, 0.1) is 0 Å². The second-order valence-corrected chi connectivity index (χ2v) is 6.97. The second-order valence-electron chi connectivity index (χ2n) is 6.97. The van der Waals surface area contributed by atoms with Gasteiger partial charge < -0.3 is 14.4 Å². The maximum Gasteiger partial charge on any atom is 0.339 e. The van der Waals surface area contributed by atoms with Crippen LogP contribution in [0.3, 0.4) is 0 Å². The highest BCUT2D eigenvalue weighted by molar-refractivity contribution is 5.97. The third-order valence-electron chi connectivity index (χ3n) is 5.21. The number of carbonyl (C=O) groups excluding carboxylic acids is 1. The molecule has 2 heterocycles. The number of benzene rings is 1. The molecule has 1 saturated heterocycles. The van der Waals surface area contributed by atoms with Gasteiger partial charge in [-0.1, -0.05) is 37.3 Å². The number of furan rings is 1. The number of carboxylic acid groups (broad SMARTS) is 1. The van der Waals surface area contributed by atoms with Crippen LogP contribution in [0.5, 0.6) is 0 Å². The Morgan fingerprint density at radius 1 is 1.28 bits per heavy atom. The molecule has 0 spiro atoms. The van der Waals surface area contributed by atoms with E-state index < -0.39 is 5.97 Å². The average Bonchev–Trinajstić information content (AvgIpc) is 3.15. The number of aryl methyl sites for hydroxylation is 1. The fourth-order valence-electron chi connectivity index (χ4n) is 3.82. The molecule has 1 aromatic carbocycles. The van der Waals surface area contributed by atoms with E-state index in [9.17, 15) is 14.7 Å². The van der Waals surface area contributed by atoms with Crippen molar-refractivity contribution < 1.29 is 19.1 Å². The summed E-state index contributed by atoms with van der Waals surface area (Å²) in [5, 5.41) is 9.27. The molecule has 1 aliphatic heterocycles. The Hall–Kier alpha value is -2.56. The number of carboxylic acids is 1. The topological polar surface area (TPSA) is 70.8 Å². The van der Waals surface area contributed by atoms with E-state index in [-0.39, 0.29) is 28.7 Å². The second kappa shape index (κ2) is 6.39. The summed E-state index contributed by atoms with van der Waals surface area (Å²) in [7, 11) is 0. The third kappa shape index (κ3) is 2.95. The van der Waals surface area contributed by atoms with Crippen LogP contribution in [-0.4, -0.2) is 34.0 Å². The van der Waals surface area contributed by atoms with Gasteiger partial charge in [0.15, 0.2) is 5.76 Å². The van der Waals surface area contributed by atoms with Crippen LogP contribution in [0.1, 0.15) is 65.3 Å². The van der Waals surface area contributed by atoms with E-state index in [1.807, 2.05) is 25.1 Å². The molecular weight excluding hydrogens is 318 g/mol. The van der Waals surface area contributed by atoms with E-state index in [1.54, 1.807) is 4.90 Å². The van der Waals surface area contributed by atoms with Crippen molar-refractivity contribution in [3.8, 4) is 0 Å². The van der Waals surface area contributed by atoms with Crippen LogP contribution in [0.25, 0.3) is 0 Å². The minimum atomic E-state index is -1.07. The molecule has 5 nitrogen and oxygen atoms in total. The van der Waals surface area contributed by atoms with E-state index in [2.05, 4.69) is 26.0 Å². The van der Waals surface area contributed by atoms with Crippen molar-refractivity contribution in [2.75, 3.05) is 6.54 Å². The molecule has 1 aliphatic rings. The van der Waals surface area contributed by atoms with Crippen LogP contribution in [0, 0.1) is 0 Å². The van der Waals surface area contributed by atoms with Gasteiger partial charge >= 0.3 is 5.97 Å². The Morgan fingerprint density at radius 2 is 1.96 bits per heavy atom. The van der Waals surface area contributed by atoms with Crippen LogP contribution in [-0.2, 0) is 6.42 Å². The fraction of sp³-hybridized carbons (Fsp3) is 0.400. The summed E-state index contributed by atoms with van der Waals surface area (Å²) in [5.74, 6) is -0.631. The van der Waals surface area contributed by atoms with Gasteiger partial charge in [-0.2, -0.15) is 0 Å². The number of hydrogen-bond donors (Lipinski definition) is 1. The van der Waals surface area contributed by atoms with Crippen molar-refractivity contribution in [2.45, 2.75) is 45.1 Å². The van der Waals surface area contributed by atoms with Crippen molar-refractivity contribution in [3.63, 3.8) is 0 Å². The molecule has 1 atom stereocenters. The van der Waals surface area contributed by atoms with E-state index in [4.69, 9.17) is 4.42 Å². The number of rotatable bonds is 4. The molecule has 0 aliphatic carbocycles. The van der Waals surface area contributed by atoms with E-state index in [1.165, 1.54) is 11.6 Å². The van der Waals surface area contributed by atoms with Crippen molar-refractivity contribution in [1.82, 2.24) is 4.90 Å². The minimum Gasteiger partial charge on any atom is -0.478 e. The fourth-order valence-corrected chi connectivity index (χ4v) is 3.82. The Morgan fingerprint density at radius 3 is 2.52 bits per heavy atom. The van der Waals surface area contributed by atoms with Crippen LogP contribution in [0.4, 0.5) is 0 Å². The summed E-state index contributed by atoms with van der Waals surface area (Å²) in [6, 6.07) is 11.5. The Bertz CT molecular complexity index is 791. The maximum absolute atomic E-state index is 13.0. The SMILES string of the molecule is CCc1oc(C(=O)N2CCC(c3ccccc3)C2(C)C)cc1C(=O)O. The number of aromatic carboxylic acids is 1. The normalized spacial score (nSPS) is 19.2. The van der Waals surface area contributed by atoms with Gasteiger partial charge in [0.1, 0.15) is 11.3 Å². The summed E-state index contributed by atoms with van der Waals surface area (Å²) in [6.45, 7) is 6.54. The van der Waals surface area contributed by atoms with Gasteiger partial charge in [-0.3, -0.25) is 4.79 Å². The smallest absolute Gasteiger partial charge is 0.339 e. The predicted molar refractivity (Wildman–Crippen MR) is 94.0 cm³/mol. The van der Waals surface area contributed by atoms with Crippen molar-refractivity contribution >= 4 is 11.9 Å². The zero-order valence-corrected chi connectivity index (χ0v) is 14.8. The monoisotopic (exact) mass is 341 g/mol. The van der Waals surface area contributed by atoms with Crippen LogP contribution < -0.4 is 0 Å². The van der Waals surface area contributed by atoms with Crippen molar-refractivity contribution in [3.05, 3.63) is 59.0 Å². The highest BCUT2D eigenvalue weighted by Gasteiger charge is 2.45. The van der Waals surface area contributed by atoms with Crippen LogP contribution >= 0.6 is 0 Å². The molecule has 1 fully saturated rings. The zero-order valence-electron chi connectivity index (χ0n) is 14.8. The number of hydrogen-bond acceptors (Lipinski definition) is 3. The quantitative estimate of drug-likeness (QED) is 0.914. The molecule has 132 valence electrons. The van der Waals surface area contributed by atoms with Crippen LogP contribution in [0.2, 0.25) is 0 Å². The molecule has 5 heteroatoms. The lowest BCUT2D eigenvalue weighted by Crippen LogP contribution is -2.45. The van der Waals surface area contributed by atoms with Gasteiger partial charge in [0, 0.05) is 30.5 Å². The Kier molecular flexibility index (Phi) is 4.41. The number of amides is 1. The lowest BCUT2D eigenvalue weighted by molar-refractivity contribution is 0.0599. The molecule has 1 amide bonds. The molecular formula is C20H23NO4. The first-order valence-electron chi connectivity index (χ1n) is 8.59. The molecule has 2 aromatic rings. The highest BCUT2D eigenvalue weighted by Crippen LogP contribution is 2.42. The highest BCUT2D eigenvalue weighted by atomic mass is 16.4. The average molecular weight is 341 g/mol. The lowest BCUT2D eigenvalue weighted by atomic mass is 9.82. The van der Waals surface area contributed by atoms with Crippen molar-refractivity contribution in [2.24, 2.45) is 0 Å². The minimum absolute atomic E-state index is 0.0717. The summed E-state index contributed by atoms with van der Waals surface area (Å²) in [6.07, 6.45) is 1.31. The molecule has 1 aromatic heterocycles. The third-order valence-corrected chi connectivity index (χ3v) is 5.21. The predicted octanol–water partition coefficient (Wildman–Crippen LogP) is 3.95.